The van der Waals surface area contributed by atoms with Crippen LogP contribution in [0.4, 0.5) is 0 Å². The van der Waals surface area contributed by atoms with Gasteiger partial charge >= 0.3 is 0 Å². The second-order valence-electron chi connectivity index (χ2n) is 2.04. The number of nitrogens with one attached hydrogen (secondary N) is 1. The first-order chi connectivity index (χ1) is 6.09. The normalized spacial score (nSPS) is 12.1. The van der Waals surface area contributed by atoms with Crippen LogP contribution in [0.2, 0.25) is 0 Å². The van der Waals surface area contributed by atoms with Crippen molar-refractivity contribution < 1.29 is 8.42 Å². The van der Waals surface area contributed by atoms with Gasteiger partial charge < -0.3 is 0 Å². The number of nitrogens with zero attached hydrogens (tertiary/aromatic N) is 5. The molecule has 0 amide bonds. The van der Waals surface area contributed by atoms with Gasteiger partial charge in [-0.05, 0) is 5.21 Å². The Morgan fingerprint density at radius 1 is 1.23 bits per heavy atom. The van der Waals surface area contributed by atoms with Crippen molar-refractivity contribution in [2.45, 2.75) is 5.03 Å². The maximum absolute atomic E-state index is 10.9. The number of fused-ring (bicyclic) bond motifs is 1. The summed E-state index contributed by atoms with van der Waals surface area (Å²) in [5.41, 5.74) is 0.0965. The Balaban J connectivity index is 2.91. The molecule has 0 spiro atoms. The van der Waals surface area contributed by atoms with E-state index >= 15 is 0 Å². The Hall–Kier alpha value is -1.35. The van der Waals surface area contributed by atoms with Crippen molar-refractivity contribution in [1.82, 2.24) is 30.8 Å². The summed E-state index contributed by atoms with van der Waals surface area (Å²) in [6.45, 7) is 0. The summed E-state index contributed by atoms with van der Waals surface area (Å²) in [5, 5.41) is 18.5. The molecule has 2 aromatic rings. The highest BCUT2D eigenvalue weighted by atomic mass is 35.7. The number of halogens is 1. The lowest BCUT2D eigenvalue weighted by Crippen LogP contribution is -2.00. The Bertz CT molecular complexity index is 548. The number of aromatic amines is 1. The van der Waals surface area contributed by atoms with Gasteiger partial charge in [-0.25, -0.2) is 8.42 Å². The van der Waals surface area contributed by atoms with E-state index in [1.165, 1.54) is 0 Å². The second-order valence-corrected chi connectivity index (χ2v) is 4.52. The monoisotopic (exact) mass is 220 g/mol. The Morgan fingerprint density at radius 3 is 2.69 bits per heavy atom. The highest BCUT2D eigenvalue weighted by Crippen LogP contribution is 2.16. The lowest BCUT2D eigenvalue weighted by Gasteiger charge is -1.91. The molecule has 10 heteroatoms. The average Bonchev–Trinajstić information content (AvgIpc) is 2.48. The maximum Gasteiger partial charge on any atom is 0.282 e. The second kappa shape index (κ2) is 2.57. The van der Waals surface area contributed by atoms with E-state index in [1.807, 2.05) is 0 Å². The zero-order valence-electron chi connectivity index (χ0n) is 5.84. The van der Waals surface area contributed by atoms with Crippen LogP contribution in [0.5, 0.6) is 0 Å². The minimum Gasteiger partial charge on any atom is -0.253 e. The molecule has 0 aromatic carbocycles. The number of hydrogen-bond acceptors (Lipinski definition) is 7. The topological polar surface area (TPSA) is 114 Å². The molecule has 0 saturated carbocycles. The Labute approximate surface area is 75.7 Å². The molecule has 2 rings (SSSR count). The fraction of sp³-hybridized carbons (Fsp3) is 0. The quantitative estimate of drug-likeness (QED) is 0.618. The van der Waals surface area contributed by atoms with Crippen LogP contribution < -0.4 is 0 Å². The molecule has 0 saturated heterocycles. The van der Waals surface area contributed by atoms with Gasteiger partial charge in [0.05, 0.1) is 0 Å². The molecule has 2 aromatic heterocycles. The Kier molecular flexibility index (Phi) is 1.63. The van der Waals surface area contributed by atoms with E-state index in [2.05, 4.69) is 30.8 Å². The molecule has 0 aliphatic carbocycles. The lowest BCUT2D eigenvalue weighted by atomic mass is 10.6. The van der Waals surface area contributed by atoms with Crippen LogP contribution in [0, 0.1) is 0 Å². The first kappa shape index (κ1) is 8.26. The lowest BCUT2D eigenvalue weighted by molar-refractivity contribution is 0.603. The highest BCUT2D eigenvalue weighted by molar-refractivity contribution is 8.13. The number of H-pyrrole nitrogens is 1. The van der Waals surface area contributed by atoms with Crippen molar-refractivity contribution in [2.75, 3.05) is 0 Å². The SMILES string of the molecule is O=S(=O)(Cl)c1nnnc2nn[nH]c12. The summed E-state index contributed by atoms with van der Waals surface area (Å²) < 4.78 is 21.8. The summed E-state index contributed by atoms with van der Waals surface area (Å²) in [4.78, 5) is 0. The third kappa shape index (κ3) is 1.31. The summed E-state index contributed by atoms with van der Waals surface area (Å²) in [5.74, 6) is 0. The van der Waals surface area contributed by atoms with Gasteiger partial charge in [0.2, 0.25) is 10.7 Å². The van der Waals surface area contributed by atoms with E-state index in [4.69, 9.17) is 10.7 Å². The molecule has 1 N–H and O–H groups in total. The van der Waals surface area contributed by atoms with Crippen molar-refractivity contribution in [2.24, 2.45) is 0 Å². The third-order valence-corrected chi connectivity index (χ3v) is 2.44. The van der Waals surface area contributed by atoms with Crippen LogP contribution in [0.1, 0.15) is 0 Å². The van der Waals surface area contributed by atoms with Gasteiger partial charge in [0.15, 0.2) is 0 Å². The van der Waals surface area contributed by atoms with Gasteiger partial charge in [0, 0.05) is 10.7 Å². The maximum atomic E-state index is 10.9. The fourth-order valence-electron chi connectivity index (χ4n) is 0.762. The van der Waals surface area contributed by atoms with Crippen LogP contribution in [0.15, 0.2) is 5.03 Å². The van der Waals surface area contributed by atoms with Crippen LogP contribution in [0.3, 0.4) is 0 Å². The molecule has 0 aliphatic rings. The van der Waals surface area contributed by atoms with E-state index in [0.717, 1.165) is 0 Å². The van der Waals surface area contributed by atoms with Crippen molar-refractivity contribution in [3.63, 3.8) is 0 Å². The van der Waals surface area contributed by atoms with Gasteiger partial charge in [0.1, 0.15) is 5.52 Å². The zero-order chi connectivity index (χ0) is 9.47. The summed E-state index contributed by atoms with van der Waals surface area (Å²) in [7, 11) is 1.11. The molecule has 0 unspecified atom stereocenters. The molecule has 0 fully saturated rings. The minimum atomic E-state index is -3.95. The summed E-state index contributed by atoms with van der Waals surface area (Å²) in [6.07, 6.45) is 0. The van der Waals surface area contributed by atoms with Crippen LogP contribution >= 0.6 is 10.7 Å². The number of rotatable bonds is 1. The van der Waals surface area contributed by atoms with E-state index in [-0.39, 0.29) is 11.2 Å². The molecular weight excluding hydrogens is 220 g/mol. The molecular formula is C3HClN6O2S. The molecule has 8 nitrogen and oxygen atoms in total. The molecule has 68 valence electrons. The largest absolute Gasteiger partial charge is 0.282 e. The number of hydrogen-bond donors (Lipinski definition) is 1. The van der Waals surface area contributed by atoms with E-state index in [9.17, 15) is 8.42 Å². The Morgan fingerprint density at radius 2 is 2.00 bits per heavy atom. The van der Waals surface area contributed by atoms with Crippen LogP contribution in [0.25, 0.3) is 11.2 Å². The average molecular weight is 221 g/mol. The van der Waals surface area contributed by atoms with Crippen LogP contribution in [-0.4, -0.2) is 39.2 Å². The van der Waals surface area contributed by atoms with Gasteiger partial charge in [0.25, 0.3) is 9.05 Å². The first-order valence-electron chi connectivity index (χ1n) is 2.94. The summed E-state index contributed by atoms with van der Waals surface area (Å²) in [6, 6.07) is 0. The van der Waals surface area contributed by atoms with Crippen molar-refractivity contribution in [3.05, 3.63) is 0 Å². The van der Waals surface area contributed by atoms with E-state index in [1.54, 1.807) is 0 Å². The first-order valence-corrected chi connectivity index (χ1v) is 5.25. The van der Waals surface area contributed by atoms with Gasteiger partial charge in [-0.15, -0.1) is 15.3 Å². The van der Waals surface area contributed by atoms with Gasteiger partial charge in [-0.3, -0.25) is 5.10 Å². The van der Waals surface area contributed by atoms with Gasteiger partial charge in [-0.1, -0.05) is 5.21 Å². The van der Waals surface area contributed by atoms with Crippen molar-refractivity contribution in [1.29, 1.82) is 0 Å². The van der Waals surface area contributed by atoms with E-state index in [0.29, 0.717) is 0 Å². The molecule has 2 heterocycles. The number of aromatic nitrogens is 6. The molecule has 0 bridgehead atoms. The predicted octanol–water partition coefficient (Wildman–Crippen LogP) is -0.930. The van der Waals surface area contributed by atoms with Crippen LogP contribution in [-0.2, 0) is 9.05 Å². The summed E-state index contributed by atoms with van der Waals surface area (Å²) >= 11 is 0. The highest BCUT2D eigenvalue weighted by Gasteiger charge is 2.19. The molecule has 0 aliphatic heterocycles. The van der Waals surface area contributed by atoms with E-state index < -0.39 is 14.1 Å². The standard InChI is InChI=1S/C3HClN6O2S/c4-13(11,12)3-1-2(6-9-5-1)7-10-8-3/h(H,5,6,7,8,9). The molecule has 0 radical (unpaired) electrons. The fourth-order valence-corrected chi connectivity index (χ4v) is 1.60. The minimum absolute atomic E-state index is 0.0463. The zero-order valence-corrected chi connectivity index (χ0v) is 7.41. The smallest absolute Gasteiger partial charge is 0.253 e. The molecule has 0 atom stereocenters. The molecule has 13 heavy (non-hydrogen) atoms. The predicted molar refractivity (Wildman–Crippen MR) is 40.3 cm³/mol. The third-order valence-electron chi connectivity index (χ3n) is 1.25. The van der Waals surface area contributed by atoms with Crippen molar-refractivity contribution >= 4 is 30.9 Å². The van der Waals surface area contributed by atoms with Crippen molar-refractivity contribution in [3.8, 4) is 0 Å². The van der Waals surface area contributed by atoms with Gasteiger partial charge in [-0.2, -0.15) is 0 Å².